The molecule has 0 aliphatic heterocycles. The number of nitro benzene ring substituents is 1. The second kappa shape index (κ2) is 6.46. The lowest BCUT2D eigenvalue weighted by Crippen LogP contribution is -2.34. The third-order valence-electron chi connectivity index (χ3n) is 2.12. The molecule has 1 amide bonds. The molecular formula is C11H13BrFN3O3. The Morgan fingerprint density at radius 1 is 1.53 bits per heavy atom. The number of halogens is 2. The Morgan fingerprint density at radius 2 is 2.16 bits per heavy atom. The quantitative estimate of drug-likeness (QED) is 0.640. The standard InChI is InChI=1S/C11H13BrFN3O3/c1-6(2)15-11(17)5-14-9-4-8(13)7(12)3-10(9)16(18)19/h3-4,6,14H,5H2,1-2H3,(H,15,17). The molecule has 2 N–H and O–H groups in total. The molecule has 0 spiro atoms. The molecule has 0 bridgehead atoms. The molecule has 1 rings (SSSR count). The van der Waals surface area contributed by atoms with Gasteiger partial charge in [0.25, 0.3) is 5.69 Å². The van der Waals surface area contributed by atoms with Gasteiger partial charge in [-0.05, 0) is 29.8 Å². The molecule has 0 aliphatic carbocycles. The third-order valence-corrected chi connectivity index (χ3v) is 2.73. The van der Waals surface area contributed by atoms with Gasteiger partial charge in [-0.1, -0.05) is 0 Å². The van der Waals surface area contributed by atoms with Gasteiger partial charge in [-0.15, -0.1) is 0 Å². The minimum absolute atomic E-state index is 0.00335. The van der Waals surface area contributed by atoms with Crippen LogP contribution < -0.4 is 10.6 Å². The van der Waals surface area contributed by atoms with Gasteiger partial charge >= 0.3 is 0 Å². The fourth-order valence-corrected chi connectivity index (χ4v) is 1.71. The van der Waals surface area contributed by atoms with Crippen molar-refractivity contribution in [2.24, 2.45) is 0 Å². The summed E-state index contributed by atoms with van der Waals surface area (Å²) in [6.45, 7) is 3.42. The van der Waals surface area contributed by atoms with Crippen molar-refractivity contribution in [3.63, 3.8) is 0 Å². The van der Waals surface area contributed by atoms with E-state index in [0.29, 0.717) is 0 Å². The van der Waals surface area contributed by atoms with E-state index in [1.165, 1.54) is 0 Å². The topological polar surface area (TPSA) is 84.3 Å². The van der Waals surface area contributed by atoms with Crippen molar-refractivity contribution in [2.45, 2.75) is 19.9 Å². The van der Waals surface area contributed by atoms with Crippen LogP contribution in [0.1, 0.15) is 13.8 Å². The maximum absolute atomic E-state index is 13.3. The van der Waals surface area contributed by atoms with Gasteiger partial charge in [0.1, 0.15) is 11.5 Å². The lowest BCUT2D eigenvalue weighted by Gasteiger charge is -2.10. The molecule has 1 aromatic carbocycles. The van der Waals surface area contributed by atoms with Crippen LogP contribution in [0.5, 0.6) is 0 Å². The molecular weight excluding hydrogens is 321 g/mol. The van der Waals surface area contributed by atoms with E-state index in [-0.39, 0.29) is 34.3 Å². The Hall–Kier alpha value is -1.70. The first-order valence-electron chi connectivity index (χ1n) is 5.48. The van der Waals surface area contributed by atoms with Crippen LogP contribution in [0.15, 0.2) is 16.6 Å². The van der Waals surface area contributed by atoms with Crippen LogP contribution in [0.25, 0.3) is 0 Å². The number of anilines is 1. The van der Waals surface area contributed by atoms with E-state index in [4.69, 9.17) is 0 Å². The molecule has 0 aromatic heterocycles. The molecule has 6 nitrogen and oxygen atoms in total. The molecule has 0 fully saturated rings. The fraction of sp³-hybridized carbons (Fsp3) is 0.364. The highest BCUT2D eigenvalue weighted by molar-refractivity contribution is 9.10. The Morgan fingerprint density at radius 3 is 2.68 bits per heavy atom. The van der Waals surface area contributed by atoms with E-state index in [0.717, 1.165) is 12.1 Å². The van der Waals surface area contributed by atoms with Crippen molar-refractivity contribution in [1.29, 1.82) is 0 Å². The van der Waals surface area contributed by atoms with Crippen molar-refractivity contribution >= 4 is 33.2 Å². The second-order valence-electron chi connectivity index (χ2n) is 4.12. The number of nitro groups is 1. The number of nitrogens with one attached hydrogen (secondary N) is 2. The first-order valence-corrected chi connectivity index (χ1v) is 6.27. The van der Waals surface area contributed by atoms with Gasteiger partial charge in [0.15, 0.2) is 0 Å². The first kappa shape index (κ1) is 15.4. The maximum atomic E-state index is 13.3. The van der Waals surface area contributed by atoms with Crippen LogP contribution in [0.3, 0.4) is 0 Å². The van der Waals surface area contributed by atoms with E-state index in [2.05, 4.69) is 26.6 Å². The normalized spacial score (nSPS) is 10.4. The summed E-state index contributed by atoms with van der Waals surface area (Å²) >= 11 is 2.87. The summed E-state index contributed by atoms with van der Waals surface area (Å²) in [5.41, 5.74) is -0.338. The summed E-state index contributed by atoms with van der Waals surface area (Å²) in [5, 5.41) is 16.0. The van der Waals surface area contributed by atoms with E-state index in [1.807, 2.05) is 0 Å². The molecule has 0 radical (unpaired) electrons. The lowest BCUT2D eigenvalue weighted by atomic mass is 10.2. The van der Waals surface area contributed by atoms with E-state index < -0.39 is 10.7 Å². The number of benzene rings is 1. The molecule has 8 heteroatoms. The van der Waals surface area contributed by atoms with Gasteiger partial charge < -0.3 is 10.6 Å². The number of nitrogens with zero attached hydrogens (tertiary/aromatic N) is 1. The predicted molar refractivity (Wildman–Crippen MR) is 72.5 cm³/mol. The van der Waals surface area contributed by atoms with E-state index >= 15 is 0 Å². The zero-order valence-electron chi connectivity index (χ0n) is 10.4. The summed E-state index contributed by atoms with van der Waals surface area (Å²) in [4.78, 5) is 21.6. The SMILES string of the molecule is CC(C)NC(=O)CNc1cc(F)c(Br)cc1[N+](=O)[O-]. The summed E-state index contributed by atoms with van der Waals surface area (Å²) in [6, 6.07) is 1.99. The average Bonchev–Trinajstić information content (AvgIpc) is 2.29. The number of hydrogen-bond acceptors (Lipinski definition) is 4. The highest BCUT2D eigenvalue weighted by Crippen LogP contribution is 2.30. The highest BCUT2D eigenvalue weighted by atomic mass is 79.9. The number of carbonyl (C=O) groups is 1. The molecule has 0 saturated heterocycles. The van der Waals surface area contributed by atoms with Crippen LogP contribution in [-0.2, 0) is 4.79 Å². The van der Waals surface area contributed by atoms with Crippen LogP contribution in [0.2, 0.25) is 0 Å². The average molecular weight is 334 g/mol. The zero-order valence-corrected chi connectivity index (χ0v) is 12.0. The molecule has 104 valence electrons. The fourth-order valence-electron chi connectivity index (χ4n) is 1.38. The predicted octanol–water partition coefficient (Wildman–Crippen LogP) is 2.43. The monoisotopic (exact) mass is 333 g/mol. The van der Waals surface area contributed by atoms with Crippen molar-refractivity contribution in [1.82, 2.24) is 5.32 Å². The Bertz CT molecular complexity index is 508. The van der Waals surface area contributed by atoms with Gasteiger partial charge in [-0.2, -0.15) is 0 Å². The summed E-state index contributed by atoms with van der Waals surface area (Å²) in [6.07, 6.45) is 0. The van der Waals surface area contributed by atoms with Gasteiger partial charge in [-0.3, -0.25) is 14.9 Å². The van der Waals surface area contributed by atoms with Crippen LogP contribution in [0.4, 0.5) is 15.8 Å². The maximum Gasteiger partial charge on any atom is 0.293 e. The van der Waals surface area contributed by atoms with Gasteiger partial charge in [0.2, 0.25) is 5.91 Å². The molecule has 1 aromatic rings. The van der Waals surface area contributed by atoms with Crippen molar-refractivity contribution in [3.8, 4) is 0 Å². The minimum atomic E-state index is -0.646. The lowest BCUT2D eigenvalue weighted by molar-refractivity contribution is -0.384. The Balaban J connectivity index is 2.85. The molecule has 0 heterocycles. The van der Waals surface area contributed by atoms with Crippen molar-refractivity contribution in [3.05, 3.63) is 32.5 Å². The Labute approximate surface area is 117 Å². The number of amides is 1. The number of rotatable bonds is 5. The van der Waals surface area contributed by atoms with Crippen molar-refractivity contribution in [2.75, 3.05) is 11.9 Å². The van der Waals surface area contributed by atoms with E-state index in [1.54, 1.807) is 13.8 Å². The second-order valence-corrected chi connectivity index (χ2v) is 4.97. The van der Waals surface area contributed by atoms with E-state index in [9.17, 15) is 19.3 Å². The zero-order chi connectivity index (χ0) is 14.6. The van der Waals surface area contributed by atoms with Gasteiger partial charge in [-0.25, -0.2) is 4.39 Å². The van der Waals surface area contributed by atoms with Crippen molar-refractivity contribution < 1.29 is 14.1 Å². The largest absolute Gasteiger partial charge is 0.370 e. The Kier molecular flexibility index (Phi) is 5.22. The molecule has 0 unspecified atom stereocenters. The minimum Gasteiger partial charge on any atom is -0.370 e. The third kappa shape index (κ3) is 4.47. The highest BCUT2D eigenvalue weighted by Gasteiger charge is 2.18. The van der Waals surface area contributed by atoms with Crippen LogP contribution >= 0.6 is 15.9 Å². The summed E-state index contributed by atoms with van der Waals surface area (Å²) < 4.78 is 13.3. The first-order chi connectivity index (χ1) is 8.81. The van der Waals surface area contributed by atoms with Crippen LogP contribution in [0, 0.1) is 15.9 Å². The van der Waals surface area contributed by atoms with Crippen LogP contribution in [-0.4, -0.2) is 23.4 Å². The molecule has 0 atom stereocenters. The van der Waals surface area contributed by atoms with Gasteiger partial charge in [0, 0.05) is 18.2 Å². The smallest absolute Gasteiger partial charge is 0.293 e. The summed E-state index contributed by atoms with van der Waals surface area (Å²) in [5.74, 6) is -0.968. The molecule has 0 aliphatic rings. The molecule has 0 saturated carbocycles. The van der Waals surface area contributed by atoms with Gasteiger partial charge in [0.05, 0.1) is 15.9 Å². The number of hydrogen-bond donors (Lipinski definition) is 2. The summed E-state index contributed by atoms with van der Waals surface area (Å²) in [7, 11) is 0. The number of carbonyl (C=O) groups excluding carboxylic acids is 1. The molecule has 19 heavy (non-hydrogen) atoms.